The highest BCUT2D eigenvalue weighted by Crippen LogP contribution is 2.23. The summed E-state index contributed by atoms with van der Waals surface area (Å²) in [7, 11) is -3.89. The lowest BCUT2D eigenvalue weighted by molar-refractivity contribution is -0.139. The highest BCUT2D eigenvalue weighted by Gasteiger charge is 2.25. The maximum atomic E-state index is 13.5. The first-order valence-corrected chi connectivity index (χ1v) is 12.1. The van der Waals surface area contributed by atoms with E-state index in [1.807, 2.05) is 24.3 Å². The predicted molar refractivity (Wildman–Crippen MR) is 142 cm³/mol. The molecule has 12 heteroatoms. The molecule has 0 aliphatic heterocycles. The van der Waals surface area contributed by atoms with Crippen LogP contribution in [0.15, 0.2) is 96.4 Å². The number of carboxylic acids is 1. The van der Waals surface area contributed by atoms with E-state index in [0.717, 1.165) is 11.1 Å². The maximum Gasteiger partial charge on any atom is 0.341 e. The summed E-state index contributed by atoms with van der Waals surface area (Å²) in [6, 6.07) is 18.9. The van der Waals surface area contributed by atoms with Gasteiger partial charge in [0.05, 0.1) is 0 Å². The number of hydrogen-bond donors (Lipinski definition) is 1. The van der Waals surface area contributed by atoms with Gasteiger partial charge in [-0.3, -0.25) is 4.98 Å². The Morgan fingerprint density at radius 3 is 2.22 bits per heavy atom. The lowest BCUT2D eigenvalue weighted by atomic mass is 10.1. The van der Waals surface area contributed by atoms with E-state index < -0.39 is 22.6 Å². The number of ether oxygens (including phenoxy) is 1. The second-order valence-corrected chi connectivity index (χ2v) is 9.50. The number of carboxylic acid groups (broad SMARTS) is 1. The molecule has 0 saturated heterocycles. The van der Waals surface area contributed by atoms with Crippen molar-refractivity contribution in [3.63, 3.8) is 0 Å². The Labute approximate surface area is 227 Å². The van der Waals surface area contributed by atoms with Gasteiger partial charge in [-0.25, -0.2) is 23.2 Å². The van der Waals surface area contributed by atoms with Crippen LogP contribution in [0.2, 0.25) is 0 Å². The Bertz CT molecular complexity index is 1390. The molecule has 0 unspecified atom stereocenters. The van der Waals surface area contributed by atoms with Gasteiger partial charge >= 0.3 is 5.97 Å². The van der Waals surface area contributed by atoms with Crippen molar-refractivity contribution < 1.29 is 23.1 Å². The molecule has 0 aliphatic carbocycles. The molecule has 4 aromatic rings. The molecule has 0 saturated carbocycles. The average molecular weight is 563 g/mol. The van der Waals surface area contributed by atoms with Crippen LogP contribution in [0.5, 0.6) is 5.75 Å². The van der Waals surface area contributed by atoms with Crippen molar-refractivity contribution in [3.8, 4) is 17.1 Å². The molecular weight excluding hydrogens is 539 g/mol. The van der Waals surface area contributed by atoms with Gasteiger partial charge in [0.15, 0.2) is 12.4 Å². The Kier molecular flexibility index (Phi) is 10.9. The minimum atomic E-state index is -3.89. The van der Waals surface area contributed by atoms with Gasteiger partial charge < -0.3 is 9.84 Å². The van der Waals surface area contributed by atoms with Gasteiger partial charge in [0.1, 0.15) is 10.6 Å². The van der Waals surface area contributed by atoms with Crippen molar-refractivity contribution in [3.05, 3.63) is 103 Å². The van der Waals surface area contributed by atoms with E-state index >= 15 is 0 Å². The molecule has 1 N–H and O–H groups in total. The van der Waals surface area contributed by atoms with Crippen molar-refractivity contribution in [2.24, 2.45) is 0 Å². The van der Waals surface area contributed by atoms with Gasteiger partial charge in [0.25, 0.3) is 0 Å². The fourth-order valence-electron chi connectivity index (χ4n) is 3.37. The zero-order valence-corrected chi connectivity index (χ0v) is 21.8. The minimum Gasteiger partial charge on any atom is -0.482 e. The van der Waals surface area contributed by atoms with E-state index in [0.29, 0.717) is 17.1 Å². The number of carbonyl (C=O) groups is 1. The summed E-state index contributed by atoms with van der Waals surface area (Å²) in [5, 5.41) is 8.85. The molecule has 2 aromatic carbocycles. The molecule has 2 heterocycles. The molecule has 194 valence electrons. The van der Waals surface area contributed by atoms with Gasteiger partial charge in [-0.15, -0.1) is 24.8 Å². The fraction of sp³-hybridized carbons (Fsp3) is 0.120. The number of rotatable bonds is 10. The Hall–Kier alpha value is -3.57. The number of hydrogen-bond acceptors (Lipinski definition) is 7. The van der Waals surface area contributed by atoms with Crippen LogP contribution in [0, 0.1) is 0 Å². The van der Waals surface area contributed by atoms with Crippen LogP contribution in [0.1, 0.15) is 11.1 Å². The Morgan fingerprint density at radius 1 is 0.865 bits per heavy atom. The quantitative estimate of drug-likeness (QED) is 0.304. The standard InChI is InChI=1S/C25H22N4O5S.2ClH/c30-24(31)18-34-22-5-1-4-20(14-22)17-29(35(32,33)23-6-2-11-26-15-23)16-19-7-9-21(10-8-19)25-27-12-3-13-28-25;;/h1-15H,16-18H2,(H,30,31);2*1H. The highest BCUT2D eigenvalue weighted by molar-refractivity contribution is 7.89. The zero-order valence-electron chi connectivity index (χ0n) is 19.4. The second kappa shape index (κ2) is 13.7. The van der Waals surface area contributed by atoms with Crippen molar-refractivity contribution in [2.75, 3.05) is 6.61 Å². The normalized spacial score (nSPS) is 10.7. The molecule has 4 rings (SSSR count). The average Bonchev–Trinajstić information content (AvgIpc) is 2.89. The summed E-state index contributed by atoms with van der Waals surface area (Å²) in [6.45, 7) is -0.336. The Balaban J connectivity index is 0.00000241. The molecule has 0 spiro atoms. The second-order valence-electron chi connectivity index (χ2n) is 7.56. The first-order valence-electron chi connectivity index (χ1n) is 10.6. The van der Waals surface area contributed by atoms with Gasteiger partial charge in [-0.1, -0.05) is 36.4 Å². The largest absolute Gasteiger partial charge is 0.482 e. The van der Waals surface area contributed by atoms with E-state index in [-0.39, 0.29) is 42.8 Å². The van der Waals surface area contributed by atoms with Gasteiger partial charge in [0.2, 0.25) is 10.0 Å². The third-order valence-electron chi connectivity index (χ3n) is 5.03. The van der Waals surface area contributed by atoms with Crippen molar-refractivity contribution >= 4 is 40.8 Å². The Morgan fingerprint density at radius 2 is 1.57 bits per heavy atom. The van der Waals surface area contributed by atoms with Crippen LogP contribution in [0.3, 0.4) is 0 Å². The van der Waals surface area contributed by atoms with E-state index in [4.69, 9.17) is 9.84 Å². The lowest BCUT2D eigenvalue weighted by Gasteiger charge is -2.23. The molecule has 37 heavy (non-hydrogen) atoms. The summed E-state index contributed by atoms with van der Waals surface area (Å²) >= 11 is 0. The molecular formula is C25H24Cl2N4O5S. The van der Waals surface area contributed by atoms with Crippen molar-refractivity contribution in [2.45, 2.75) is 18.0 Å². The van der Waals surface area contributed by atoms with Gasteiger partial charge in [0, 0.05) is 43.4 Å². The van der Waals surface area contributed by atoms with Crippen LogP contribution >= 0.6 is 24.8 Å². The molecule has 9 nitrogen and oxygen atoms in total. The third kappa shape index (κ3) is 7.96. The lowest BCUT2D eigenvalue weighted by Crippen LogP contribution is -2.30. The molecule has 2 aromatic heterocycles. The molecule has 0 radical (unpaired) electrons. The van der Waals surface area contributed by atoms with E-state index in [9.17, 15) is 13.2 Å². The van der Waals surface area contributed by atoms with Crippen LogP contribution in [-0.2, 0) is 27.9 Å². The molecule has 0 amide bonds. The number of halogens is 2. The predicted octanol–water partition coefficient (Wildman–Crippen LogP) is 4.24. The smallest absolute Gasteiger partial charge is 0.341 e. The van der Waals surface area contributed by atoms with Crippen molar-refractivity contribution in [1.29, 1.82) is 0 Å². The number of sulfonamides is 1. The fourth-order valence-corrected chi connectivity index (χ4v) is 4.75. The topological polar surface area (TPSA) is 123 Å². The van der Waals surface area contributed by atoms with E-state index in [1.165, 1.54) is 22.8 Å². The first kappa shape index (κ1) is 29.7. The van der Waals surface area contributed by atoms with E-state index in [2.05, 4.69) is 15.0 Å². The summed E-state index contributed by atoms with van der Waals surface area (Å²) in [6.07, 6.45) is 6.14. The summed E-state index contributed by atoms with van der Waals surface area (Å²) in [4.78, 5) is 23.3. The number of benzene rings is 2. The molecule has 0 fully saturated rings. The third-order valence-corrected chi connectivity index (χ3v) is 6.80. The summed E-state index contributed by atoms with van der Waals surface area (Å²) < 4.78 is 33.6. The van der Waals surface area contributed by atoms with Gasteiger partial charge in [-0.05, 0) is 41.5 Å². The number of aromatic nitrogens is 3. The highest BCUT2D eigenvalue weighted by atomic mass is 35.5. The number of nitrogens with zero attached hydrogens (tertiary/aromatic N) is 4. The van der Waals surface area contributed by atoms with Crippen LogP contribution < -0.4 is 4.74 Å². The molecule has 0 bridgehead atoms. The van der Waals surface area contributed by atoms with Crippen LogP contribution in [0.4, 0.5) is 0 Å². The molecule has 0 atom stereocenters. The van der Waals surface area contributed by atoms with Crippen molar-refractivity contribution in [1.82, 2.24) is 19.3 Å². The van der Waals surface area contributed by atoms with E-state index in [1.54, 1.807) is 48.8 Å². The summed E-state index contributed by atoms with van der Waals surface area (Å²) in [5.74, 6) is -0.173. The van der Waals surface area contributed by atoms with Gasteiger partial charge in [-0.2, -0.15) is 4.31 Å². The maximum absolute atomic E-state index is 13.5. The van der Waals surface area contributed by atoms with Crippen LogP contribution in [0.25, 0.3) is 11.4 Å². The SMILES string of the molecule is Cl.Cl.O=C(O)COc1cccc(CN(Cc2ccc(-c3ncccn3)cc2)S(=O)(=O)c2cccnc2)c1. The van der Waals surface area contributed by atoms with Crippen LogP contribution in [-0.4, -0.2) is 45.4 Å². The monoisotopic (exact) mass is 562 g/mol. The minimum absolute atomic E-state index is 0. The number of aliphatic carboxylic acids is 1. The first-order chi connectivity index (χ1) is 16.9. The number of pyridine rings is 1. The molecule has 0 aliphatic rings. The summed E-state index contributed by atoms with van der Waals surface area (Å²) in [5.41, 5.74) is 2.24. The zero-order chi connectivity index (χ0) is 24.7.